The quantitative estimate of drug-likeness (QED) is 0.639. The van der Waals surface area contributed by atoms with E-state index in [2.05, 4.69) is 36.2 Å². The summed E-state index contributed by atoms with van der Waals surface area (Å²) >= 11 is 0. The van der Waals surface area contributed by atoms with Crippen LogP contribution in [-0.2, 0) is 0 Å². The highest BCUT2D eigenvalue weighted by Gasteiger charge is 2.24. The van der Waals surface area contributed by atoms with Crippen molar-refractivity contribution in [2.75, 3.05) is 38.2 Å². The third-order valence-corrected chi connectivity index (χ3v) is 3.26. The Balaban J connectivity index is 2.06. The number of aliphatic imine (C=N–C) groups is 1. The van der Waals surface area contributed by atoms with Crippen molar-refractivity contribution >= 4 is 17.2 Å². The Morgan fingerprint density at radius 3 is 2.90 bits per heavy atom. The van der Waals surface area contributed by atoms with Crippen LogP contribution in [0.4, 0.5) is 11.4 Å². The maximum atomic E-state index is 5.97. The average molecular weight is 276 g/mol. The van der Waals surface area contributed by atoms with Crippen LogP contribution in [0.3, 0.4) is 0 Å². The molecule has 110 valence electrons. The number of nitrogens with two attached hydrogens (primary N) is 1. The van der Waals surface area contributed by atoms with E-state index in [0.717, 1.165) is 43.2 Å². The molecule has 0 amide bonds. The van der Waals surface area contributed by atoms with Crippen molar-refractivity contribution in [1.29, 1.82) is 0 Å². The molecule has 5 nitrogen and oxygen atoms in total. The number of fused-ring (bicyclic) bond motifs is 1. The second kappa shape index (κ2) is 6.61. The Bertz CT molecular complexity index is 485. The fraction of sp³-hybridized carbons (Fsp3) is 0.533. The largest absolute Gasteiger partial charge is 0.480 e. The van der Waals surface area contributed by atoms with E-state index in [9.17, 15) is 0 Å². The molecule has 0 aromatic heterocycles. The highest BCUT2D eigenvalue weighted by molar-refractivity contribution is 6.02. The van der Waals surface area contributed by atoms with Crippen molar-refractivity contribution in [2.45, 2.75) is 25.9 Å². The molecule has 1 aliphatic rings. The predicted octanol–water partition coefficient (Wildman–Crippen LogP) is 2.20. The normalized spacial score (nSPS) is 19.6. The van der Waals surface area contributed by atoms with E-state index in [-0.39, 0.29) is 6.10 Å². The van der Waals surface area contributed by atoms with Crippen LogP contribution in [0, 0.1) is 0 Å². The van der Waals surface area contributed by atoms with Gasteiger partial charge in [0, 0.05) is 18.3 Å². The van der Waals surface area contributed by atoms with E-state index in [0.29, 0.717) is 5.69 Å². The molecular formula is C15H24N4O. The summed E-state index contributed by atoms with van der Waals surface area (Å²) in [6, 6.07) is 5.66. The molecule has 0 radical (unpaired) electrons. The molecule has 0 bridgehead atoms. The predicted molar refractivity (Wildman–Crippen MR) is 84.7 cm³/mol. The molecule has 0 saturated heterocycles. The summed E-state index contributed by atoms with van der Waals surface area (Å²) in [7, 11) is 4.15. The summed E-state index contributed by atoms with van der Waals surface area (Å²) in [5.74, 6) is 1.73. The summed E-state index contributed by atoms with van der Waals surface area (Å²) in [4.78, 5) is 6.82. The van der Waals surface area contributed by atoms with E-state index in [1.54, 1.807) is 0 Å². The van der Waals surface area contributed by atoms with Gasteiger partial charge in [0.15, 0.2) is 6.10 Å². The van der Waals surface area contributed by atoms with Gasteiger partial charge in [0.05, 0.1) is 5.69 Å². The van der Waals surface area contributed by atoms with Crippen LogP contribution < -0.4 is 15.8 Å². The van der Waals surface area contributed by atoms with Crippen molar-refractivity contribution in [3.8, 4) is 5.75 Å². The first-order valence-corrected chi connectivity index (χ1v) is 7.12. The van der Waals surface area contributed by atoms with Gasteiger partial charge in [-0.3, -0.25) is 4.99 Å². The highest BCUT2D eigenvalue weighted by Crippen LogP contribution is 2.32. The maximum Gasteiger partial charge on any atom is 0.155 e. The lowest BCUT2D eigenvalue weighted by molar-refractivity contribution is 0.258. The first-order chi connectivity index (χ1) is 9.60. The van der Waals surface area contributed by atoms with E-state index >= 15 is 0 Å². The van der Waals surface area contributed by atoms with Crippen LogP contribution in [0.5, 0.6) is 5.75 Å². The molecule has 1 aromatic carbocycles. The second-order valence-corrected chi connectivity index (χ2v) is 5.32. The molecule has 0 aliphatic carbocycles. The van der Waals surface area contributed by atoms with E-state index in [1.165, 1.54) is 0 Å². The zero-order valence-corrected chi connectivity index (χ0v) is 12.5. The molecular weight excluding hydrogens is 252 g/mol. The Hall–Kier alpha value is -1.75. The molecule has 0 saturated carbocycles. The number of benzene rings is 1. The third-order valence-electron chi connectivity index (χ3n) is 3.26. The summed E-state index contributed by atoms with van der Waals surface area (Å²) in [6.45, 7) is 3.95. The summed E-state index contributed by atoms with van der Waals surface area (Å²) in [5, 5.41) is 3.37. The maximum absolute atomic E-state index is 5.97. The monoisotopic (exact) mass is 276 g/mol. The number of ether oxygens (including phenoxy) is 1. The topological polar surface area (TPSA) is 62.9 Å². The molecule has 2 rings (SSSR count). The molecule has 20 heavy (non-hydrogen) atoms. The average Bonchev–Trinajstić information content (AvgIpc) is 2.42. The van der Waals surface area contributed by atoms with Crippen LogP contribution in [0.1, 0.15) is 19.8 Å². The van der Waals surface area contributed by atoms with Crippen molar-refractivity contribution in [3.63, 3.8) is 0 Å². The molecule has 1 atom stereocenters. The van der Waals surface area contributed by atoms with Gasteiger partial charge in [-0.15, -0.1) is 0 Å². The molecule has 0 fully saturated rings. The van der Waals surface area contributed by atoms with Gasteiger partial charge in [-0.05, 0) is 45.6 Å². The van der Waals surface area contributed by atoms with Crippen LogP contribution in [0.15, 0.2) is 23.2 Å². The van der Waals surface area contributed by atoms with Gasteiger partial charge in [0.25, 0.3) is 0 Å². The van der Waals surface area contributed by atoms with E-state index < -0.39 is 0 Å². The van der Waals surface area contributed by atoms with Crippen LogP contribution in [0.25, 0.3) is 0 Å². The fourth-order valence-corrected chi connectivity index (χ4v) is 2.17. The first kappa shape index (κ1) is 14.7. The highest BCUT2D eigenvalue weighted by atomic mass is 16.5. The zero-order chi connectivity index (χ0) is 14.5. The minimum absolute atomic E-state index is 0.0105. The Kier molecular flexibility index (Phi) is 4.84. The lowest BCUT2D eigenvalue weighted by Crippen LogP contribution is -2.37. The minimum atomic E-state index is -0.0105. The Labute approximate surface area is 120 Å². The number of anilines is 2. The van der Waals surface area contributed by atoms with E-state index in [4.69, 9.17) is 10.5 Å². The minimum Gasteiger partial charge on any atom is -0.480 e. The zero-order valence-electron chi connectivity index (χ0n) is 12.5. The van der Waals surface area contributed by atoms with Gasteiger partial charge < -0.3 is 20.7 Å². The number of nitrogens with zero attached hydrogens (tertiary/aromatic N) is 2. The lowest BCUT2D eigenvalue weighted by Gasteiger charge is -2.28. The van der Waals surface area contributed by atoms with Crippen molar-refractivity contribution < 1.29 is 4.74 Å². The Morgan fingerprint density at radius 2 is 2.20 bits per heavy atom. The van der Waals surface area contributed by atoms with Crippen LogP contribution in [0.2, 0.25) is 0 Å². The van der Waals surface area contributed by atoms with Gasteiger partial charge >= 0.3 is 0 Å². The summed E-state index contributed by atoms with van der Waals surface area (Å²) in [6.07, 6.45) is 1.92. The van der Waals surface area contributed by atoms with Crippen LogP contribution in [-0.4, -0.2) is 44.0 Å². The molecule has 1 aliphatic heterocycles. The van der Waals surface area contributed by atoms with Crippen LogP contribution >= 0.6 is 0 Å². The lowest BCUT2D eigenvalue weighted by atomic mass is 10.1. The molecule has 1 unspecified atom stereocenters. The molecule has 3 N–H and O–H groups in total. The number of hydrogen-bond acceptors (Lipinski definition) is 4. The Morgan fingerprint density at radius 1 is 1.40 bits per heavy atom. The second-order valence-electron chi connectivity index (χ2n) is 5.32. The number of amidine groups is 1. The molecule has 5 heteroatoms. The smallest absolute Gasteiger partial charge is 0.155 e. The van der Waals surface area contributed by atoms with Gasteiger partial charge in [-0.1, -0.05) is 6.92 Å². The number of rotatable bonds is 5. The van der Waals surface area contributed by atoms with Gasteiger partial charge in [0.1, 0.15) is 11.6 Å². The number of hydrogen-bond donors (Lipinski definition) is 2. The van der Waals surface area contributed by atoms with Gasteiger partial charge in [0.2, 0.25) is 0 Å². The van der Waals surface area contributed by atoms with Crippen molar-refractivity contribution in [1.82, 2.24) is 4.90 Å². The molecule has 0 spiro atoms. The molecule has 1 heterocycles. The fourth-order valence-electron chi connectivity index (χ4n) is 2.17. The van der Waals surface area contributed by atoms with Gasteiger partial charge in [-0.2, -0.15) is 0 Å². The standard InChI is InChI=1S/C15H24N4O/c1-4-13-15(17-8-5-9-19(2)3)18-12-7-6-11(16)10-14(12)20-13/h6-7,10,13H,4-5,8-9,16H2,1-3H3,(H,17,18). The number of nitrogen functional groups attached to an aromatic ring is 1. The van der Waals surface area contributed by atoms with Gasteiger partial charge in [-0.25, -0.2) is 0 Å². The third kappa shape index (κ3) is 3.63. The SMILES string of the molecule is CCC1Oc2cc(N)ccc2NC1=NCCCN(C)C. The van der Waals surface area contributed by atoms with E-state index in [1.807, 2.05) is 18.2 Å². The number of nitrogens with one attached hydrogen (secondary N) is 1. The summed E-state index contributed by atoms with van der Waals surface area (Å²) < 4.78 is 5.97. The van der Waals surface area contributed by atoms with Crippen molar-refractivity contribution in [2.24, 2.45) is 4.99 Å². The molecule has 1 aromatic rings. The summed E-state index contributed by atoms with van der Waals surface area (Å²) in [5.41, 5.74) is 7.44. The first-order valence-electron chi connectivity index (χ1n) is 7.12. The van der Waals surface area contributed by atoms with Crippen molar-refractivity contribution in [3.05, 3.63) is 18.2 Å².